The van der Waals surface area contributed by atoms with Crippen LogP contribution in [0.1, 0.15) is 28.7 Å². The molecule has 0 unspecified atom stereocenters. The van der Waals surface area contributed by atoms with Crippen LogP contribution in [0.3, 0.4) is 0 Å². The minimum Gasteiger partial charge on any atom is -0.0911 e. The molecule has 2 aliphatic carbocycles. The van der Waals surface area contributed by atoms with Gasteiger partial charge in [0.25, 0.3) is 0 Å². The Morgan fingerprint density at radius 2 is 1.12 bits per heavy atom. The number of fused-ring (bicyclic) bond motifs is 7. The smallest absolute Gasteiger partial charge is 0.0504 e. The first-order valence-corrected chi connectivity index (χ1v) is 9.14. The molecule has 0 fully saturated rings. The highest BCUT2D eigenvalue weighted by Crippen LogP contribution is 2.55. The molecule has 0 radical (unpaired) electrons. The Kier molecular flexibility index (Phi) is 3.33. The maximum Gasteiger partial charge on any atom is 0.0504 e. The van der Waals surface area contributed by atoms with Crippen LogP contribution >= 0.6 is 0 Å². The quantitative estimate of drug-likeness (QED) is 0.439. The van der Waals surface area contributed by atoms with Crippen molar-refractivity contribution in [2.75, 3.05) is 0 Å². The number of hydrogen-bond donors (Lipinski definition) is 0. The van der Waals surface area contributed by atoms with Crippen LogP contribution in [0.2, 0.25) is 0 Å². The van der Waals surface area contributed by atoms with E-state index in [4.69, 9.17) is 0 Å². The summed E-state index contributed by atoms with van der Waals surface area (Å²) in [7, 11) is 0. The van der Waals surface area contributed by atoms with Gasteiger partial charge in [0.15, 0.2) is 0 Å². The van der Waals surface area contributed by atoms with Crippen molar-refractivity contribution in [1.29, 1.82) is 0 Å². The van der Waals surface area contributed by atoms with E-state index in [9.17, 15) is 0 Å². The molecule has 1 spiro atoms. The van der Waals surface area contributed by atoms with Gasteiger partial charge >= 0.3 is 0 Å². The Morgan fingerprint density at radius 1 is 0.615 bits per heavy atom. The average molecular weight is 332 g/mol. The summed E-state index contributed by atoms with van der Waals surface area (Å²) in [4.78, 5) is 0. The van der Waals surface area contributed by atoms with Gasteiger partial charge < -0.3 is 0 Å². The maximum absolute atomic E-state index is 4.34. The van der Waals surface area contributed by atoms with Gasteiger partial charge in [-0.3, -0.25) is 0 Å². The summed E-state index contributed by atoms with van der Waals surface area (Å²) in [5, 5.41) is 0. The van der Waals surface area contributed by atoms with Gasteiger partial charge in [-0.15, -0.1) is 0 Å². The van der Waals surface area contributed by atoms with Crippen molar-refractivity contribution in [3.8, 4) is 11.1 Å². The Labute approximate surface area is 154 Å². The van der Waals surface area contributed by atoms with Gasteiger partial charge in [0.05, 0.1) is 5.41 Å². The Hall–Kier alpha value is -3.12. The lowest BCUT2D eigenvalue weighted by Gasteiger charge is -2.34. The van der Waals surface area contributed by atoms with Crippen LogP contribution in [0.5, 0.6) is 0 Å². The molecule has 2 aliphatic rings. The van der Waals surface area contributed by atoms with Crippen LogP contribution in [-0.2, 0) is 5.41 Å². The van der Waals surface area contributed by atoms with E-state index in [0.29, 0.717) is 0 Å². The first-order chi connectivity index (χ1) is 12.8. The van der Waals surface area contributed by atoms with E-state index < -0.39 is 0 Å². The van der Waals surface area contributed by atoms with Gasteiger partial charge in [0, 0.05) is 0 Å². The fraction of sp³-hybridized carbons (Fsp3) is 0.0769. The molecule has 0 heterocycles. The van der Waals surface area contributed by atoms with E-state index in [0.717, 1.165) is 12.0 Å². The minimum atomic E-state index is -0.171. The zero-order valence-electron chi connectivity index (χ0n) is 14.7. The Morgan fingerprint density at radius 3 is 1.73 bits per heavy atom. The highest BCUT2D eigenvalue weighted by Gasteiger charge is 2.44. The fourth-order valence-electron chi connectivity index (χ4n) is 4.67. The van der Waals surface area contributed by atoms with E-state index in [1.54, 1.807) is 0 Å². The van der Waals surface area contributed by atoms with Gasteiger partial charge in [0.1, 0.15) is 0 Å². The number of rotatable bonds is 0. The van der Waals surface area contributed by atoms with Gasteiger partial charge in [-0.25, -0.2) is 0 Å². The topological polar surface area (TPSA) is 0 Å². The third-order valence-electron chi connectivity index (χ3n) is 5.77. The predicted octanol–water partition coefficient (Wildman–Crippen LogP) is 6.53. The zero-order valence-corrected chi connectivity index (χ0v) is 14.7. The third-order valence-corrected chi connectivity index (χ3v) is 5.77. The Bertz CT molecular complexity index is 1030. The average Bonchev–Trinajstić information content (AvgIpc) is 3.01. The second kappa shape index (κ2) is 5.71. The van der Waals surface area contributed by atoms with Crippen LogP contribution < -0.4 is 0 Å². The third kappa shape index (κ3) is 1.96. The lowest BCUT2D eigenvalue weighted by Crippen LogP contribution is -2.27. The highest BCUT2D eigenvalue weighted by atomic mass is 14.5. The van der Waals surface area contributed by atoms with Crippen molar-refractivity contribution < 1.29 is 0 Å². The number of benzene rings is 3. The SMILES string of the molecule is C=C1/C=C\C=C/CC2(c3ccccc31)c1ccccc1-c1ccccc12. The van der Waals surface area contributed by atoms with E-state index >= 15 is 0 Å². The molecule has 0 aromatic heterocycles. The van der Waals surface area contributed by atoms with E-state index in [1.165, 1.54) is 33.4 Å². The van der Waals surface area contributed by atoms with Crippen LogP contribution in [0.25, 0.3) is 16.7 Å². The molecule has 0 atom stereocenters. The molecule has 3 aromatic rings. The molecule has 0 aliphatic heterocycles. The second-order valence-electron chi connectivity index (χ2n) is 7.06. The van der Waals surface area contributed by atoms with Crippen LogP contribution in [-0.4, -0.2) is 0 Å². The minimum absolute atomic E-state index is 0.171. The largest absolute Gasteiger partial charge is 0.0911 e. The molecule has 0 N–H and O–H groups in total. The lowest BCUT2D eigenvalue weighted by atomic mass is 9.68. The van der Waals surface area contributed by atoms with Crippen molar-refractivity contribution in [3.63, 3.8) is 0 Å². The maximum atomic E-state index is 4.34. The second-order valence-corrected chi connectivity index (χ2v) is 7.06. The molecule has 0 saturated carbocycles. The van der Waals surface area contributed by atoms with E-state index in [1.807, 2.05) is 0 Å². The molecule has 0 saturated heterocycles. The summed E-state index contributed by atoms with van der Waals surface area (Å²) in [5.41, 5.74) is 8.97. The van der Waals surface area contributed by atoms with E-state index in [2.05, 4.69) is 104 Å². The van der Waals surface area contributed by atoms with Crippen LogP contribution in [0.15, 0.2) is 104 Å². The number of allylic oxidation sites excluding steroid dienone is 5. The standard InChI is InChI=1S/C26H20/c1-19-11-3-2-10-18-26(23-15-7-4-12-20(19)23)24-16-8-5-13-21(24)22-14-6-9-17-25(22)26/h2-17H,1,18H2/b10-2-,11-3-. The van der Waals surface area contributed by atoms with Gasteiger partial charge in [-0.05, 0) is 45.4 Å². The molecule has 5 rings (SSSR count). The molecule has 3 aromatic carbocycles. The van der Waals surface area contributed by atoms with Crippen molar-refractivity contribution in [2.24, 2.45) is 0 Å². The zero-order chi connectivity index (χ0) is 17.6. The normalized spacial score (nSPS) is 18.8. The molecular formula is C26H20. The summed E-state index contributed by atoms with van der Waals surface area (Å²) < 4.78 is 0. The van der Waals surface area contributed by atoms with E-state index in [-0.39, 0.29) is 5.41 Å². The summed E-state index contributed by atoms with van der Waals surface area (Å²) in [6.45, 7) is 4.34. The molecule has 0 heteroatoms. The van der Waals surface area contributed by atoms with Crippen molar-refractivity contribution in [1.82, 2.24) is 0 Å². The van der Waals surface area contributed by atoms with Crippen molar-refractivity contribution >= 4 is 5.57 Å². The highest BCUT2D eigenvalue weighted by molar-refractivity contribution is 5.86. The summed E-state index contributed by atoms with van der Waals surface area (Å²) >= 11 is 0. The molecule has 0 nitrogen and oxygen atoms in total. The summed E-state index contributed by atoms with van der Waals surface area (Å²) in [5.74, 6) is 0. The molecule has 0 bridgehead atoms. The van der Waals surface area contributed by atoms with Gasteiger partial charge in [-0.1, -0.05) is 104 Å². The molecular weight excluding hydrogens is 312 g/mol. The van der Waals surface area contributed by atoms with Gasteiger partial charge in [0.2, 0.25) is 0 Å². The van der Waals surface area contributed by atoms with Crippen LogP contribution in [0, 0.1) is 0 Å². The van der Waals surface area contributed by atoms with Crippen molar-refractivity contribution in [2.45, 2.75) is 11.8 Å². The molecule has 124 valence electrons. The predicted molar refractivity (Wildman–Crippen MR) is 110 cm³/mol. The number of hydrogen-bond acceptors (Lipinski definition) is 0. The lowest BCUT2D eigenvalue weighted by molar-refractivity contribution is 0.643. The summed E-state index contributed by atoms with van der Waals surface area (Å²) in [6.07, 6.45) is 9.61. The first-order valence-electron chi connectivity index (χ1n) is 9.14. The molecule has 0 amide bonds. The fourth-order valence-corrected chi connectivity index (χ4v) is 4.67. The van der Waals surface area contributed by atoms with Crippen molar-refractivity contribution in [3.05, 3.63) is 126 Å². The summed E-state index contributed by atoms with van der Waals surface area (Å²) in [6, 6.07) is 26.5. The molecule has 26 heavy (non-hydrogen) atoms. The van der Waals surface area contributed by atoms with Crippen LogP contribution in [0.4, 0.5) is 0 Å². The first kappa shape index (κ1) is 15.2. The monoisotopic (exact) mass is 332 g/mol. The Balaban J connectivity index is 1.94. The van der Waals surface area contributed by atoms with Gasteiger partial charge in [-0.2, -0.15) is 0 Å².